The minimum atomic E-state index is -0.419. The number of thiophene rings is 1. The molecule has 6 aromatic rings. The monoisotopic (exact) mass is 1260 g/mol. The first-order chi connectivity index (χ1) is 42.8. The van der Waals surface area contributed by atoms with Crippen LogP contribution in [0.1, 0.15) is 145 Å². The van der Waals surface area contributed by atoms with Crippen LogP contribution in [-0.2, 0) is 32.0 Å². The number of benzene rings is 3. The van der Waals surface area contributed by atoms with Gasteiger partial charge in [0.2, 0.25) is 29.5 Å². The highest BCUT2D eigenvalue weighted by atomic mass is 32.1. The van der Waals surface area contributed by atoms with E-state index in [1.165, 1.54) is 42.2 Å². The summed E-state index contributed by atoms with van der Waals surface area (Å²) in [5.41, 5.74) is 4.53. The summed E-state index contributed by atoms with van der Waals surface area (Å²) < 4.78 is 16.3. The largest absolute Gasteiger partial charge is 0.478 e. The number of rotatable bonds is 31. The molecule has 0 unspecified atom stereocenters. The van der Waals surface area contributed by atoms with Gasteiger partial charge in [-0.1, -0.05) is 128 Å². The SMILES string of the molecule is CCC(C)(C)N(C)C(=O)CN(CCO)CC(=O)N(C)C(C)(C)Cc1ccccc1.CCCCOc1cc(C(=O)NCCN(CC)CC)c2ccccc2n1.CCCCc1cc2ccccc2c(OCCN(C)C)n1.COC(=O)c1scc(C)c1NC(=O)C(C)C. The van der Waals surface area contributed by atoms with Gasteiger partial charge in [-0.2, -0.15) is 0 Å². The van der Waals surface area contributed by atoms with Gasteiger partial charge in [0.25, 0.3) is 5.91 Å². The van der Waals surface area contributed by atoms with Gasteiger partial charge >= 0.3 is 5.97 Å². The van der Waals surface area contributed by atoms with Crippen LogP contribution in [0.15, 0.2) is 96.4 Å². The standard InChI is InChI=1S/C23H39N3O3.C20H29N3O2.C17H24N2O.C11H15NO3S/c1-8-22(2,3)24(6)20(28)17-26(14-15-27)18-21(29)25(7)23(4,5)16-19-12-10-9-11-13-19;1-4-7-14-25-19-15-17(16-10-8-9-11-18(16)22-19)20(24)21-12-13-23(5-2)6-3;1-4-5-9-15-13-14-8-6-7-10-16(14)17(18-15)20-12-11-19(2)3;1-6(2)10(13)12-8-7(3)5-16-9(8)11(14)15-4/h9-13,27H,8,14-18H2,1-7H3;8-11,15H,4-7,12-14H2,1-3H3,(H,21,24);6-8,10,13H,4-5,9,11-12H2,1-3H3;5-6H,1-4H3,(H,12,13). The van der Waals surface area contributed by atoms with Gasteiger partial charge in [0.05, 0.1) is 50.2 Å². The first-order valence-corrected chi connectivity index (χ1v) is 32.8. The van der Waals surface area contributed by atoms with E-state index in [2.05, 4.69) is 94.2 Å². The van der Waals surface area contributed by atoms with Crippen molar-refractivity contribution >= 4 is 68.3 Å². The molecule has 3 heterocycles. The third kappa shape index (κ3) is 25.7. The van der Waals surface area contributed by atoms with Gasteiger partial charge < -0.3 is 49.6 Å². The average Bonchev–Trinajstić information content (AvgIpc) is 1.84. The van der Waals surface area contributed by atoms with Crippen LogP contribution in [-0.4, -0.2) is 188 Å². The van der Waals surface area contributed by atoms with Crippen LogP contribution in [0.3, 0.4) is 0 Å². The molecular formula is C71H107N9O9S. The lowest BCUT2D eigenvalue weighted by Gasteiger charge is -2.38. The summed E-state index contributed by atoms with van der Waals surface area (Å²) in [5, 5.41) is 20.2. The molecule has 0 aliphatic carbocycles. The van der Waals surface area contributed by atoms with Gasteiger partial charge in [-0.05, 0) is 134 Å². The van der Waals surface area contributed by atoms with Crippen molar-refractivity contribution in [2.24, 2.45) is 5.92 Å². The van der Waals surface area contributed by atoms with Crippen LogP contribution >= 0.6 is 11.3 Å². The number of amides is 4. The lowest BCUT2D eigenvalue weighted by molar-refractivity contribution is -0.139. The Morgan fingerprint density at radius 2 is 1.31 bits per heavy atom. The zero-order valence-electron chi connectivity index (χ0n) is 57.3. The fourth-order valence-electron chi connectivity index (χ4n) is 9.02. The van der Waals surface area contributed by atoms with E-state index in [0.717, 1.165) is 91.7 Å². The molecule has 496 valence electrons. The molecule has 0 fully saturated rings. The quantitative estimate of drug-likeness (QED) is 0.0274. The third-order valence-corrected chi connectivity index (χ3v) is 16.9. The third-order valence-electron chi connectivity index (χ3n) is 15.8. The van der Waals surface area contributed by atoms with E-state index in [1.54, 1.807) is 48.7 Å². The zero-order chi connectivity index (χ0) is 67.0. The number of hydrogen-bond acceptors (Lipinski definition) is 15. The molecule has 0 atom stereocenters. The van der Waals surface area contributed by atoms with Gasteiger partial charge in [-0.25, -0.2) is 14.8 Å². The number of anilines is 1. The molecular weight excluding hydrogens is 1150 g/mol. The number of carbonyl (C=O) groups is 5. The number of esters is 1. The van der Waals surface area contributed by atoms with Crippen molar-refractivity contribution in [1.29, 1.82) is 0 Å². The Balaban J connectivity index is 0.000000320. The van der Waals surface area contributed by atoms with Crippen LogP contribution in [0.25, 0.3) is 21.7 Å². The van der Waals surface area contributed by atoms with E-state index in [9.17, 15) is 29.1 Å². The van der Waals surface area contributed by atoms with Crippen molar-refractivity contribution in [1.82, 2.24) is 39.8 Å². The molecule has 19 heteroatoms. The normalized spacial score (nSPS) is 11.3. The number of carbonyl (C=O) groups excluding carboxylic acids is 5. The van der Waals surface area contributed by atoms with Crippen LogP contribution < -0.4 is 20.1 Å². The van der Waals surface area contributed by atoms with Crippen molar-refractivity contribution in [3.05, 3.63) is 124 Å². The summed E-state index contributed by atoms with van der Waals surface area (Å²) in [6.45, 7) is 30.2. The van der Waals surface area contributed by atoms with Crippen molar-refractivity contribution in [2.75, 3.05) is 113 Å². The maximum atomic E-state index is 12.9. The number of likely N-dealkylation sites (N-methyl/N-ethyl adjacent to an activating group) is 4. The van der Waals surface area contributed by atoms with Crippen LogP contribution in [0.4, 0.5) is 5.69 Å². The number of unbranched alkanes of at least 4 members (excludes halogenated alkanes) is 2. The number of ether oxygens (including phenoxy) is 3. The molecule has 3 N–H and O–H groups in total. The van der Waals surface area contributed by atoms with E-state index < -0.39 is 5.97 Å². The average molecular weight is 1260 g/mol. The molecule has 0 spiro atoms. The number of nitrogens with zero attached hydrogens (tertiary/aromatic N) is 7. The van der Waals surface area contributed by atoms with Gasteiger partial charge in [-0.15, -0.1) is 11.3 Å². The number of methoxy groups -OCH3 is 1. The number of fused-ring (bicyclic) bond motifs is 2. The molecule has 0 bridgehead atoms. The number of aromatic nitrogens is 2. The van der Waals surface area contributed by atoms with Crippen LogP contribution in [0, 0.1) is 12.8 Å². The Labute approximate surface area is 542 Å². The molecule has 0 aliphatic rings. The van der Waals surface area contributed by atoms with Crippen molar-refractivity contribution < 1.29 is 43.3 Å². The fourth-order valence-corrected chi connectivity index (χ4v) is 9.95. The molecule has 0 radical (unpaired) electrons. The predicted molar refractivity (Wildman–Crippen MR) is 368 cm³/mol. The fraction of sp³-hybridized carbons (Fsp3) is 0.535. The lowest BCUT2D eigenvalue weighted by atomic mass is 9.93. The van der Waals surface area contributed by atoms with Gasteiger partial charge in [0.1, 0.15) is 11.5 Å². The van der Waals surface area contributed by atoms with Crippen molar-refractivity contribution in [3.8, 4) is 11.8 Å². The molecule has 3 aromatic carbocycles. The zero-order valence-corrected chi connectivity index (χ0v) is 58.1. The molecule has 4 amide bonds. The van der Waals surface area contributed by atoms with Crippen molar-refractivity contribution in [2.45, 2.75) is 139 Å². The summed E-state index contributed by atoms with van der Waals surface area (Å²) in [4.78, 5) is 80.6. The molecule has 3 aromatic heterocycles. The van der Waals surface area contributed by atoms with E-state index >= 15 is 0 Å². The lowest BCUT2D eigenvalue weighted by Crippen LogP contribution is -2.53. The second-order valence-corrected chi connectivity index (χ2v) is 25.0. The number of aliphatic hydroxyl groups excluding tert-OH is 1. The first kappa shape index (κ1) is 77.2. The maximum Gasteiger partial charge on any atom is 0.350 e. The number of aryl methyl sites for hydroxylation is 2. The topological polar surface area (TPSA) is 199 Å². The molecule has 0 aliphatic heterocycles. The number of para-hydroxylation sites is 1. The predicted octanol–water partition coefficient (Wildman–Crippen LogP) is 11.8. The van der Waals surface area contributed by atoms with E-state index in [0.29, 0.717) is 41.8 Å². The van der Waals surface area contributed by atoms with E-state index in [1.807, 2.05) is 110 Å². The molecule has 90 heavy (non-hydrogen) atoms. The second kappa shape index (κ2) is 40.0. The number of aliphatic hydroxyl groups is 1. The van der Waals surface area contributed by atoms with E-state index in [-0.39, 0.29) is 66.9 Å². The Bertz CT molecular complexity index is 3130. The summed E-state index contributed by atoms with van der Waals surface area (Å²) in [6, 6.07) is 30.0. The summed E-state index contributed by atoms with van der Waals surface area (Å²) >= 11 is 1.27. The Kier molecular flexibility index (Phi) is 34.3. The van der Waals surface area contributed by atoms with Crippen molar-refractivity contribution in [3.63, 3.8) is 0 Å². The van der Waals surface area contributed by atoms with Gasteiger partial charge in [0.15, 0.2) is 0 Å². The Hall–Kier alpha value is -7.03. The molecule has 18 nitrogen and oxygen atoms in total. The smallest absolute Gasteiger partial charge is 0.350 e. The first-order valence-electron chi connectivity index (χ1n) is 31.9. The Morgan fingerprint density at radius 1 is 0.700 bits per heavy atom. The number of hydrogen-bond donors (Lipinski definition) is 3. The highest BCUT2D eigenvalue weighted by Gasteiger charge is 2.31. The molecule has 0 saturated heterocycles. The minimum absolute atomic E-state index is 0.0516. The number of pyridine rings is 2. The molecule has 6 rings (SSSR count). The van der Waals surface area contributed by atoms with Crippen LogP contribution in [0.2, 0.25) is 0 Å². The van der Waals surface area contributed by atoms with E-state index in [4.69, 9.17) is 14.5 Å². The van der Waals surface area contributed by atoms with Gasteiger partial charge in [-0.3, -0.25) is 24.1 Å². The second-order valence-electron chi connectivity index (χ2n) is 24.1. The van der Waals surface area contributed by atoms with Gasteiger partial charge in [0, 0.05) is 79.8 Å². The highest BCUT2D eigenvalue weighted by molar-refractivity contribution is 7.12. The minimum Gasteiger partial charge on any atom is -0.478 e. The summed E-state index contributed by atoms with van der Waals surface area (Å²) in [6.07, 6.45) is 6.98. The molecule has 0 saturated carbocycles. The maximum absolute atomic E-state index is 12.9. The van der Waals surface area contributed by atoms with Crippen LogP contribution in [0.5, 0.6) is 11.8 Å². The highest BCUT2D eigenvalue weighted by Crippen LogP contribution is 2.30. The Morgan fingerprint density at radius 3 is 1.90 bits per heavy atom. The summed E-state index contributed by atoms with van der Waals surface area (Å²) in [5.74, 6) is 0.450. The number of nitrogens with one attached hydrogen (secondary N) is 2. The summed E-state index contributed by atoms with van der Waals surface area (Å²) in [7, 11) is 9.01.